The molecule has 0 saturated heterocycles. The van der Waals surface area contributed by atoms with Gasteiger partial charge in [0.15, 0.2) is 0 Å². The highest BCUT2D eigenvalue weighted by atomic mass is 16.5. The molecule has 0 aromatic rings. The second-order valence-electron chi connectivity index (χ2n) is 3.21. The van der Waals surface area contributed by atoms with Crippen LogP contribution in [0, 0.1) is 0 Å². The molecule has 1 heterocycles. The Kier molecular flexibility index (Phi) is 6.36. The van der Waals surface area contributed by atoms with Crippen molar-refractivity contribution in [2.75, 3.05) is 34.0 Å². The highest BCUT2D eigenvalue weighted by Crippen LogP contribution is 2.04. The summed E-state index contributed by atoms with van der Waals surface area (Å²) >= 11 is 0. The average molecular weight is 188 g/mol. The maximum atomic E-state index is 4.98. The predicted octanol–water partition coefficient (Wildman–Crippen LogP) is 0.264. The zero-order chi connectivity index (χ0) is 8.81. The van der Waals surface area contributed by atoms with Gasteiger partial charge < -0.3 is 20.0 Å². The van der Waals surface area contributed by atoms with Crippen molar-refractivity contribution in [1.29, 1.82) is 0 Å². The summed E-state index contributed by atoms with van der Waals surface area (Å²) in [5, 5.41) is 0. The summed E-state index contributed by atoms with van der Waals surface area (Å²) in [5.41, 5.74) is 0. The summed E-state index contributed by atoms with van der Waals surface area (Å²) in [6, 6.07) is 0. The monoisotopic (exact) mass is 188 g/mol. The van der Waals surface area contributed by atoms with Gasteiger partial charge in [-0.25, -0.2) is 0 Å². The molecule has 2 N–H and O–H groups in total. The molecule has 0 unspecified atom stereocenters. The summed E-state index contributed by atoms with van der Waals surface area (Å²) in [5.74, 6) is 0. The molecular formula is C9H20N2O2. The molecule has 0 amide bonds. The first-order valence-electron chi connectivity index (χ1n) is 4.44. The highest BCUT2D eigenvalue weighted by molar-refractivity contribution is 4.88. The van der Waals surface area contributed by atoms with Crippen LogP contribution in [0.5, 0.6) is 0 Å². The Morgan fingerprint density at radius 3 is 2.62 bits per heavy atom. The van der Waals surface area contributed by atoms with Gasteiger partial charge >= 0.3 is 0 Å². The number of hydrogen-bond acceptors (Lipinski definition) is 3. The Morgan fingerprint density at radius 1 is 1.31 bits per heavy atom. The molecule has 0 saturated carbocycles. The van der Waals surface area contributed by atoms with Gasteiger partial charge in [0.2, 0.25) is 0 Å². The minimum Gasteiger partial charge on any atom is -0.412 e. The molecular weight excluding hydrogens is 168 g/mol. The van der Waals surface area contributed by atoms with Gasteiger partial charge in [0.25, 0.3) is 0 Å². The largest absolute Gasteiger partial charge is 0.412 e. The first kappa shape index (κ1) is 12.3. The van der Waals surface area contributed by atoms with E-state index in [0.29, 0.717) is 0 Å². The lowest BCUT2D eigenvalue weighted by Gasteiger charge is -2.17. The van der Waals surface area contributed by atoms with Crippen LogP contribution in [0.3, 0.4) is 0 Å². The number of unbranched alkanes of at least 4 members (excludes halogenated alkanes) is 1. The van der Waals surface area contributed by atoms with E-state index >= 15 is 0 Å². The topological polar surface area (TPSA) is 47.2 Å². The van der Waals surface area contributed by atoms with E-state index in [1.807, 2.05) is 0 Å². The Labute approximate surface area is 80.1 Å². The van der Waals surface area contributed by atoms with Crippen LogP contribution in [0.15, 0.2) is 12.4 Å². The number of nitrogens with zero attached hydrogens (tertiary/aromatic N) is 2. The van der Waals surface area contributed by atoms with Gasteiger partial charge in [0.05, 0.1) is 6.67 Å². The van der Waals surface area contributed by atoms with Gasteiger partial charge in [-0.2, -0.15) is 0 Å². The molecule has 0 aromatic carbocycles. The van der Waals surface area contributed by atoms with Crippen LogP contribution >= 0.6 is 0 Å². The Hall–Kier alpha value is -0.740. The SMILES string of the molecule is COCCCCN1C=CN(C)C1.O. The Morgan fingerprint density at radius 2 is 2.08 bits per heavy atom. The number of ether oxygens (including phenoxy) is 1. The fourth-order valence-electron chi connectivity index (χ4n) is 1.30. The molecule has 0 radical (unpaired) electrons. The molecule has 0 spiro atoms. The maximum Gasteiger partial charge on any atom is 0.0890 e. The Balaban J connectivity index is 0.00000144. The highest BCUT2D eigenvalue weighted by Gasteiger charge is 2.06. The molecule has 4 heteroatoms. The van der Waals surface area contributed by atoms with Crippen LogP contribution < -0.4 is 0 Å². The first-order chi connectivity index (χ1) is 5.83. The van der Waals surface area contributed by atoms with E-state index in [1.54, 1.807) is 7.11 Å². The number of methoxy groups -OCH3 is 1. The molecule has 0 aliphatic carbocycles. The van der Waals surface area contributed by atoms with E-state index in [1.165, 1.54) is 6.42 Å². The van der Waals surface area contributed by atoms with Crippen molar-refractivity contribution < 1.29 is 10.2 Å². The van der Waals surface area contributed by atoms with E-state index in [4.69, 9.17) is 4.74 Å². The van der Waals surface area contributed by atoms with E-state index in [2.05, 4.69) is 29.2 Å². The third kappa shape index (κ3) is 4.75. The fourth-order valence-corrected chi connectivity index (χ4v) is 1.30. The Bertz CT molecular complexity index is 151. The zero-order valence-corrected chi connectivity index (χ0v) is 8.49. The second-order valence-corrected chi connectivity index (χ2v) is 3.21. The third-order valence-corrected chi connectivity index (χ3v) is 1.98. The van der Waals surface area contributed by atoms with E-state index in [9.17, 15) is 0 Å². The van der Waals surface area contributed by atoms with Gasteiger partial charge in [-0.1, -0.05) is 0 Å². The van der Waals surface area contributed by atoms with Crippen LogP contribution in [-0.2, 0) is 4.74 Å². The molecule has 1 rings (SSSR count). The summed E-state index contributed by atoms with van der Waals surface area (Å²) in [6.07, 6.45) is 6.62. The standard InChI is InChI=1S/C9H18N2O.H2O/c1-10-6-7-11(9-10)5-3-4-8-12-2;/h6-7H,3-5,8-9H2,1-2H3;1H2. The second kappa shape index (κ2) is 6.74. The fraction of sp³-hybridized carbons (Fsp3) is 0.778. The van der Waals surface area contributed by atoms with E-state index in [0.717, 1.165) is 26.2 Å². The number of rotatable bonds is 5. The van der Waals surface area contributed by atoms with Gasteiger partial charge in [0.1, 0.15) is 0 Å². The van der Waals surface area contributed by atoms with Crippen molar-refractivity contribution >= 4 is 0 Å². The maximum absolute atomic E-state index is 4.98. The zero-order valence-electron chi connectivity index (χ0n) is 8.49. The summed E-state index contributed by atoms with van der Waals surface area (Å²) < 4.78 is 4.98. The van der Waals surface area contributed by atoms with Gasteiger partial charge in [-0.3, -0.25) is 0 Å². The van der Waals surface area contributed by atoms with Crippen LogP contribution in [0.2, 0.25) is 0 Å². The molecule has 78 valence electrons. The van der Waals surface area contributed by atoms with Gasteiger partial charge in [-0.15, -0.1) is 0 Å². The molecule has 1 aliphatic heterocycles. The van der Waals surface area contributed by atoms with Crippen LogP contribution in [0.4, 0.5) is 0 Å². The molecule has 0 bridgehead atoms. The summed E-state index contributed by atoms with van der Waals surface area (Å²) in [6.45, 7) is 3.06. The van der Waals surface area contributed by atoms with Crippen molar-refractivity contribution in [3.8, 4) is 0 Å². The molecule has 13 heavy (non-hydrogen) atoms. The van der Waals surface area contributed by atoms with Crippen molar-refractivity contribution in [3.05, 3.63) is 12.4 Å². The lowest BCUT2D eigenvalue weighted by Crippen LogP contribution is -2.23. The van der Waals surface area contributed by atoms with Crippen molar-refractivity contribution in [1.82, 2.24) is 9.80 Å². The molecule has 0 aromatic heterocycles. The van der Waals surface area contributed by atoms with Crippen molar-refractivity contribution in [2.24, 2.45) is 0 Å². The van der Waals surface area contributed by atoms with Crippen molar-refractivity contribution in [3.63, 3.8) is 0 Å². The normalized spacial score (nSPS) is 14.9. The van der Waals surface area contributed by atoms with Gasteiger partial charge in [-0.05, 0) is 12.8 Å². The smallest absolute Gasteiger partial charge is 0.0890 e. The molecule has 0 fully saturated rings. The third-order valence-electron chi connectivity index (χ3n) is 1.98. The minimum absolute atomic E-state index is 0. The molecule has 4 nitrogen and oxygen atoms in total. The summed E-state index contributed by atoms with van der Waals surface area (Å²) in [4.78, 5) is 4.49. The predicted molar refractivity (Wildman–Crippen MR) is 53.2 cm³/mol. The van der Waals surface area contributed by atoms with Crippen molar-refractivity contribution in [2.45, 2.75) is 12.8 Å². The molecule has 1 aliphatic rings. The lowest BCUT2D eigenvalue weighted by molar-refractivity contribution is 0.187. The number of hydrogen-bond donors (Lipinski definition) is 0. The van der Waals surface area contributed by atoms with E-state index in [-0.39, 0.29) is 5.48 Å². The van der Waals surface area contributed by atoms with Gasteiger partial charge in [0, 0.05) is 39.7 Å². The van der Waals surface area contributed by atoms with Crippen LogP contribution in [0.1, 0.15) is 12.8 Å². The average Bonchev–Trinajstić information content (AvgIpc) is 2.45. The van der Waals surface area contributed by atoms with E-state index < -0.39 is 0 Å². The summed E-state index contributed by atoms with van der Waals surface area (Å²) in [7, 11) is 3.84. The first-order valence-corrected chi connectivity index (χ1v) is 4.44. The molecule has 0 atom stereocenters. The lowest BCUT2D eigenvalue weighted by atomic mass is 10.3. The van der Waals surface area contributed by atoms with Crippen LogP contribution in [-0.4, -0.2) is 49.3 Å². The van der Waals surface area contributed by atoms with Crippen LogP contribution in [0.25, 0.3) is 0 Å². The quantitative estimate of drug-likeness (QED) is 0.582. The minimum atomic E-state index is 0.